The standard InChI is InChI=1S/C19H17N3O3/c1-13(23)22-16-8-6-14(7-9-16)19(24)21-12-15-4-2-10-20-18(15)17-5-3-11-25-17/h2-11H,12H2,1H3,(H,21,24)(H,22,23). The third-order valence-corrected chi connectivity index (χ3v) is 3.55. The number of hydrogen-bond acceptors (Lipinski definition) is 4. The van der Waals surface area contributed by atoms with E-state index in [-0.39, 0.29) is 11.8 Å². The SMILES string of the molecule is CC(=O)Nc1ccc(C(=O)NCc2cccnc2-c2ccco2)cc1. The normalized spacial score (nSPS) is 10.3. The van der Waals surface area contributed by atoms with Crippen molar-refractivity contribution in [3.63, 3.8) is 0 Å². The number of furan rings is 1. The molecule has 2 N–H and O–H groups in total. The molecule has 0 aliphatic carbocycles. The average molecular weight is 335 g/mol. The summed E-state index contributed by atoms with van der Waals surface area (Å²) in [5.41, 5.74) is 2.73. The minimum Gasteiger partial charge on any atom is -0.463 e. The summed E-state index contributed by atoms with van der Waals surface area (Å²) in [6.07, 6.45) is 3.27. The smallest absolute Gasteiger partial charge is 0.251 e. The maximum atomic E-state index is 12.3. The molecule has 0 bridgehead atoms. The van der Waals surface area contributed by atoms with Crippen LogP contribution in [-0.2, 0) is 11.3 Å². The Kier molecular flexibility index (Phi) is 4.89. The number of nitrogens with zero attached hydrogens (tertiary/aromatic N) is 1. The molecule has 0 saturated carbocycles. The molecule has 6 heteroatoms. The third-order valence-electron chi connectivity index (χ3n) is 3.55. The molecule has 0 radical (unpaired) electrons. The molecule has 2 heterocycles. The number of carbonyl (C=O) groups excluding carboxylic acids is 2. The Morgan fingerprint density at radius 1 is 1.08 bits per heavy atom. The van der Waals surface area contributed by atoms with E-state index >= 15 is 0 Å². The van der Waals surface area contributed by atoms with Crippen LogP contribution >= 0.6 is 0 Å². The number of anilines is 1. The Morgan fingerprint density at radius 2 is 1.88 bits per heavy atom. The zero-order valence-corrected chi connectivity index (χ0v) is 13.7. The van der Waals surface area contributed by atoms with E-state index in [2.05, 4.69) is 15.6 Å². The Labute approximate surface area is 144 Å². The predicted molar refractivity (Wildman–Crippen MR) is 93.9 cm³/mol. The monoisotopic (exact) mass is 335 g/mol. The first-order valence-electron chi connectivity index (χ1n) is 7.77. The number of amides is 2. The van der Waals surface area contributed by atoms with Crippen molar-refractivity contribution in [2.45, 2.75) is 13.5 Å². The van der Waals surface area contributed by atoms with Crippen molar-refractivity contribution in [1.82, 2.24) is 10.3 Å². The fraction of sp³-hybridized carbons (Fsp3) is 0.105. The first kappa shape index (κ1) is 16.4. The molecular formula is C19H17N3O3. The summed E-state index contributed by atoms with van der Waals surface area (Å²) in [5, 5.41) is 5.53. The van der Waals surface area contributed by atoms with Gasteiger partial charge < -0.3 is 15.1 Å². The lowest BCUT2D eigenvalue weighted by Crippen LogP contribution is -2.23. The molecule has 3 aromatic rings. The van der Waals surface area contributed by atoms with Crippen molar-refractivity contribution < 1.29 is 14.0 Å². The van der Waals surface area contributed by atoms with Crippen molar-refractivity contribution in [3.8, 4) is 11.5 Å². The van der Waals surface area contributed by atoms with Crippen LogP contribution in [0.1, 0.15) is 22.8 Å². The Morgan fingerprint density at radius 3 is 2.56 bits per heavy atom. The summed E-state index contributed by atoms with van der Waals surface area (Å²) in [4.78, 5) is 27.6. The first-order valence-corrected chi connectivity index (χ1v) is 7.77. The van der Waals surface area contributed by atoms with Crippen molar-refractivity contribution in [2.24, 2.45) is 0 Å². The van der Waals surface area contributed by atoms with E-state index < -0.39 is 0 Å². The number of pyridine rings is 1. The van der Waals surface area contributed by atoms with Gasteiger partial charge in [-0.1, -0.05) is 6.07 Å². The van der Waals surface area contributed by atoms with Crippen LogP contribution in [0.3, 0.4) is 0 Å². The summed E-state index contributed by atoms with van der Waals surface area (Å²) in [6, 6.07) is 14.0. The van der Waals surface area contributed by atoms with Gasteiger partial charge in [-0.2, -0.15) is 0 Å². The molecule has 25 heavy (non-hydrogen) atoms. The number of hydrogen-bond donors (Lipinski definition) is 2. The largest absolute Gasteiger partial charge is 0.463 e. The summed E-state index contributed by atoms with van der Waals surface area (Å²) in [6.45, 7) is 1.77. The van der Waals surface area contributed by atoms with Crippen LogP contribution in [0, 0.1) is 0 Å². The zero-order valence-electron chi connectivity index (χ0n) is 13.7. The van der Waals surface area contributed by atoms with Crippen LogP contribution in [0.25, 0.3) is 11.5 Å². The lowest BCUT2D eigenvalue weighted by Gasteiger charge is -2.09. The van der Waals surface area contributed by atoms with Gasteiger partial charge in [0.2, 0.25) is 5.91 Å². The molecule has 3 rings (SSSR count). The summed E-state index contributed by atoms with van der Waals surface area (Å²) >= 11 is 0. The quantitative estimate of drug-likeness (QED) is 0.750. The molecule has 0 aliphatic heterocycles. The molecule has 0 spiro atoms. The maximum absolute atomic E-state index is 12.3. The van der Waals surface area contributed by atoms with Crippen molar-refractivity contribution in [3.05, 3.63) is 72.1 Å². The number of benzene rings is 1. The van der Waals surface area contributed by atoms with Gasteiger partial charge in [0.1, 0.15) is 5.69 Å². The predicted octanol–water partition coefficient (Wildman–Crippen LogP) is 3.23. The first-order chi connectivity index (χ1) is 12.1. The third kappa shape index (κ3) is 4.11. The van der Waals surface area contributed by atoms with Crippen LogP contribution in [0.2, 0.25) is 0 Å². The van der Waals surface area contributed by atoms with E-state index in [9.17, 15) is 9.59 Å². The van der Waals surface area contributed by atoms with E-state index in [0.29, 0.717) is 29.2 Å². The maximum Gasteiger partial charge on any atom is 0.251 e. The molecule has 1 aromatic carbocycles. The molecular weight excluding hydrogens is 318 g/mol. The minimum atomic E-state index is -0.205. The van der Waals surface area contributed by atoms with Crippen LogP contribution in [0.5, 0.6) is 0 Å². The zero-order chi connectivity index (χ0) is 17.6. The lowest BCUT2D eigenvalue weighted by molar-refractivity contribution is -0.114. The number of carbonyl (C=O) groups is 2. The van der Waals surface area contributed by atoms with Crippen molar-refractivity contribution >= 4 is 17.5 Å². The Hall–Kier alpha value is -3.41. The van der Waals surface area contributed by atoms with E-state index in [4.69, 9.17) is 4.42 Å². The fourth-order valence-electron chi connectivity index (χ4n) is 2.40. The molecule has 0 unspecified atom stereocenters. The molecule has 2 amide bonds. The van der Waals surface area contributed by atoms with Crippen LogP contribution < -0.4 is 10.6 Å². The van der Waals surface area contributed by atoms with Crippen LogP contribution in [0.4, 0.5) is 5.69 Å². The van der Waals surface area contributed by atoms with Crippen LogP contribution in [-0.4, -0.2) is 16.8 Å². The van der Waals surface area contributed by atoms with Gasteiger partial charge >= 0.3 is 0 Å². The highest BCUT2D eigenvalue weighted by Gasteiger charge is 2.11. The van der Waals surface area contributed by atoms with Gasteiger partial charge in [-0.3, -0.25) is 14.6 Å². The minimum absolute atomic E-state index is 0.153. The Bertz CT molecular complexity index is 871. The Balaban J connectivity index is 1.68. The van der Waals surface area contributed by atoms with E-state index in [1.54, 1.807) is 42.8 Å². The van der Waals surface area contributed by atoms with Gasteiger partial charge in [0.05, 0.1) is 6.26 Å². The highest BCUT2D eigenvalue weighted by atomic mass is 16.3. The second-order valence-corrected chi connectivity index (χ2v) is 5.43. The molecule has 2 aromatic heterocycles. The van der Waals surface area contributed by atoms with Crippen molar-refractivity contribution in [1.29, 1.82) is 0 Å². The fourth-order valence-corrected chi connectivity index (χ4v) is 2.40. The van der Waals surface area contributed by atoms with Gasteiger partial charge in [-0.15, -0.1) is 0 Å². The van der Waals surface area contributed by atoms with E-state index in [0.717, 1.165) is 5.56 Å². The van der Waals surface area contributed by atoms with Gasteiger partial charge in [0.25, 0.3) is 5.91 Å². The van der Waals surface area contributed by atoms with Gasteiger partial charge in [0.15, 0.2) is 5.76 Å². The number of rotatable bonds is 5. The number of nitrogens with one attached hydrogen (secondary N) is 2. The van der Waals surface area contributed by atoms with Gasteiger partial charge in [0, 0.05) is 36.5 Å². The summed E-state index contributed by atoms with van der Waals surface area (Å²) < 4.78 is 5.39. The van der Waals surface area contributed by atoms with Gasteiger partial charge in [-0.05, 0) is 42.5 Å². The molecule has 126 valence electrons. The van der Waals surface area contributed by atoms with E-state index in [1.807, 2.05) is 18.2 Å². The molecule has 0 saturated heterocycles. The van der Waals surface area contributed by atoms with Crippen molar-refractivity contribution in [2.75, 3.05) is 5.32 Å². The van der Waals surface area contributed by atoms with Crippen LogP contribution in [0.15, 0.2) is 65.4 Å². The second-order valence-electron chi connectivity index (χ2n) is 5.43. The molecule has 6 nitrogen and oxygen atoms in total. The number of aromatic nitrogens is 1. The topological polar surface area (TPSA) is 84.2 Å². The average Bonchev–Trinajstić information content (AvgIpc) is 3.14. The molecule has 0 fully saturated rings. The summed E-state index contributed by atoms with van der Waals surface area (Å²) in [7, 11) is 0. The lowest BCUT2D eigenvalue weighted by atomic mass is 10.1. The highest BCUT2D eigenvalue weighted by molar-refractivity contribution is 5.95. The van der Waals surface area contributed by atoms with Gasteiger partial charge in [-0.25, -0.2) is 0 Å². The summed E-state index contributed by atoms with van der Waals surface area (Å²) in [5.74, 6) is 0.298. The molecule has 0 aliphatic rings. The highest BCUT2D eigenvalue weighted by Crippen LogP contribution is 2.21. The molecule has 0 atom stereocenters. The second kappa shape index (κ2) is 7.44. The van der Waals surface area contributed by atoms with E-state index in [1.165, 1.54) is 6.92 Å².